The lowest BCUT2D eigenvalue weighted by atomic mass is 9.93. The number of anilines is 2. The summed E-state index contributed by atoms with van der Waals surface area (Å²) >= 11 is 6.76. The topological polar surface area (TPSA) is 316 Å². The standard InChI is InChI=1S/C51H46ClF10N10O14PS2/c1-48(2,88(4,81)82)13-12-29-8-9-30(40(64-29)35(17-25-15-27(53)18-28(54)16-25)65-36(73)21-70-43-38(42(66-70)51(60,61)62)32-19-33(32)50(43,58)59)31-10-11-34(52)39-41(31)71(23-49(55,56)57)67-45(39)72(89(5,83)84)46(76)68(3)44-26(7-6-14-63-44)20-69(22-37(74)75)47(77)85-24-86-87(78,79)80/h6-11,14-16,18,32-33,35H,17,19-24H2,1-5H3,(H,65,73)(H,74,75)(H2,78,79,80)/t32-,33+,35-/m0/s1. The molecule has 2 aliphatic carbocycles. The Morgan fingerprint density at radius 1 is 0.944 bits per heavy atom. The van der Waals surface area contributed by atoms with Crippen molar-refractivity contribution in [3.63, 3.8) is 0 Å². The molecule has 4 N–H and O–H groups in total. The maximum absolute atomic E-state index is 15.7. The van der Waals surface area contributed by atoms with Crippen LogP contribution in [0.15, 0.2) is 60.8 Å². The molecule has 89 heavy (non-hydrogen) atoms. The van der Waals surface area contributed by atoms with E-state index in [2.05, 4.69) is 46.6 Å². The fourth-order valence-corrected chi connectivity index (χ4v) is 11.2. The molecule has 1 saturated carbocycles. The molecule has 0 unspecified atom stereocenters. The molecule has 38 heteroatoms. The summed E-state index contributed by atoms with van der Waals surface area (Å²) in [6, 6.07) is 4.82. The number of phosphoric acid groups is 1. The number of ether oxygens (including phenoxy) is 1. The second-order valence-corrected chi connectivity index (χ2v) is 26.8. The van der Waals surface area contributed by atoms with Gasteiger partial charge in [0.25, 0.3) is 5.92 Å². The minimum atomic E-state index is -5.29. The van der Waals surface area contributed by atoms with E-state index in [-0.39, 0.29) is 36.9 Å². The lowest BCUT2D eigenvalue weighted by molar-refractivity contribution is -0.143. The molecular weight excluding hydrogens is 1300 g/mol. The molecule has 0 spiro atoms. The van der Waals surface area contributed by atoms with E-state index >= 15 is 8.78 Å². The number of benzene rings is 2. The molecule has 478 valence electrons. The van der Waals surface area contributed by atoms with Crippen molar-refractivity contribution in [2.75, 3.05) is 42.1 Å². The zero-order valence-corrected chi connectivity index (χ0v) is 49.5. The number of sulfonamides is 1. The van der Waals surface area contributed by atoms with Crippen molar-refractivity contribution in [2.24, 2.45) is 5.92 Å². The van der Waals surface area contributed by atoms with Crippen LogP contribution in [0.3, 0.4) is 0 Å². The van der Waals surface area contributed by atoms with Crippen molar-refractivity contribution >= 4 is 85.8 Å². The molecule has 4 aromatic heterocycles. The Balaban J connectivity index is 1.32. The summed E-state index contributed by atoms with van der Waals surface area (Å²) in [6.45, 7) is -4.57. The number of urea groups is 1. The molecular formula is C51H46ClF10N10O14PS2. The molecule has 8 rings (SSSR count). The van der Waals surface area contributed by atoms with Crippen molar-refractivity contribution < 1.29 is 109 Å². The number of carbonyl (C=O) groups excluding carboxylic acids is 3. The summed E-state index contributed by atoms with van der Waals surface area (Å²) in [5.41, 5.74) is -6.99. The summed E-state index contributed by atoms with van der Waals surface area (Å²) in [5.74, 6) is -8.91. The van der Waals surface area contributed by atoms with Gasteiger partial charge in [-0.2, -0.15) is 49.6 Å². The number of carboxylic acid groups (broad SMARTS) is 1. The van der Waals surface area contributed by atoms with Crippen LogP contribution in [0.5, 0.6) is 0 Å². The van der Waals surface area contributed by atoms with E-state index in [0.717, 1.165) is 62.0 Å². The number of pyridine rings is 2. The summed E-state index contributed by atoms with van der Waals surface area (Å²) in [5, 5.41) is 17.9. The van der Waals surface area contributed by atoms with Crippen LogP contribution in [0.25, 0.3) is 22.0 Å². The normalized spacial score (nSPS) is 16.0. The van der Waals surface area contributed by atoms with Crippen LogP contribution in [-0.4, -0.2) is 134 Å². The zero-order valence-electron chi connectivity index (χ0n) is 46.2. The molecule has 2 aromatic carbocycles. The van der Waals surface area contributed by atoms with Gasteiger partial charge in [-0.3, -0.25) is 28.8 Å². The molecule has 0 bridgehead atoms. The quantitative estimate of drug-likeness (QED) is 0.0260. The fourth-order valence-electron chi connectivity index (χ4n) is 9.66. The van der Waals surface area contributed by atoms with Gasteiger partial charge in [0.2, 0.25) is 22.7 Å². The highest BCUT2D eigenvalue weighted by Gasteiger charge is 2.68. The van der Waals surface area contributed by atoms with Crippen molar-refractivity contribution in [1.29, 1.82) is 0 Å². The van der Waals surface area contributed by atoms with Crippen LogP contribution in [0.2, 0.25) is 5.02 Å². The number of phosphoric ester groups is 1. The highest BCUT2D eigenvalue weighted by Crippen LogP contribution is 2.68. The molecule has 4 amide bonds. The first-order chi connectivity index (χ1) is 41.0. The Hall–Kier alpha value is -7.94. The van der Waals surface area contributed by atoms with Crippen molar-refractivity contribution in [3.8, 4) is 23.0 Å². The highest BCUT2D eigenvalue weighted by atomic mass is 35.5. The summed E-state index contributed by atoms with van der Waals surface area (Å²) < 4.78 is 221. The van der Waals surface area contributed by atoms with Crippen LogP contribution in [0.1, 0.15) is 71.7 Å². The minimum absolute atomic E-state index is 0.120. The number of nitrogens with one attached hydrogen (secondary N) is 1. The average Bonchev–Trinajstić information content (AvgIpc) is 1.53. The number of rotatable bonds is 19. The number of hydrogen-bond acceptors (Lipinski definition) is 15. The third-order valence-electron chi connectivity index (χ3n) is 13.8. The number of halogens is 11. The summed E-state index contributed by atoms with van der Waals surface area (Å²) in [7, 11) is -13.5. The monoisotopic (exact) mass is 1340 g/mol. The van der Waals surface area contributed by atoms with Crippen LogP contribution in [0, 0.1) is 29.4 Å². The number of carboxylic acids is 1. The highest BCUT2D eigenvalue weighted by molar-refractivity contribution is 7.93. The molecule has 3 atom stereocenters. The molecule has 0 radical (unpaired) electrons. The van der Waals surface area contributed by atoms with Crippen LogP contribution in [-0.2, 0) is 81.4 Å². The van der Waals surface area contributed by atoms with Crippen molar-refractivity contribution in [3.05, 3.63) is 117 Å². The van der Waals surface area contributed by atoms with Gasteiger partial charge >= 0.3 is 38.3 Å². The number of aliphatic carboxylic acids is 1. The lowest BCUT2D eigenvalue weighted by Crippen LogP contribution is -2.46. The number of nitrogens with zero attached hydrogens (tertiary/aromatic N) is 9. The smallest absolute Gasteiger partial charge is 0.472 e. The van der Waals surface area contributed by atoms with Gasteiger partial charge in [-0.1, -0.05) is 29.7 Å². The van der Waals surface area contributed by atoms with Crippen molar-refractivity contribution in [1.82, 2.24) is 39.7 Å². The number of aromatic nitrogens is 6. The molecule has 6 aromatic rings. The molecule has 1 fully saturated rings. The Morgan fingerprint density at radius 3 is 2.19 bits per heavy atom. The zero-order chi connectivity index (χ0) is 66.1. The van der Waals surface area contributed by atoms with Gasteiger partial charge in [0.1, 0.15) is 53.2 Å². The average molecular weight is 1340 g/mol. The first kappa shape index (κ1) is 67.0. The minimum Gasteiger partial charge on any atom is -0.480 e. The third kappa shape index (κ3) is 14.7. The molecule has 24 nitrogen and oxygen atoms in total. The maximum atomic E-state index is 15.7. The molecule has 0 saturated heterocycles. The van der Waals surface area contributed by atoms with E-state index in [0.29, 0.717) is 22.1 Å². The van der Waals surface area contributed by atoms with Gasteiger partial charge in [-0.05, 0) is 80.5 Å². The Kier molecular flexibility index (Phi) is 18.2. The third-order valence-corrected chi connectivity index (χ3v) is 17.5. The molecule has 4 heterocycles. The van der Waals surface area contributed by atoms with Gasteiger partial charge in [-0.25, -0.2) is 54.3 Å². The van der Waals surface area contributed by atoms with E-state index in [1.54, 1.807) is 0 Å². The van der Waals surface area contributed by atoms with Crippen LogP contribution < -0.4 is 14.5 Å². The fraction of sp³-hybridized carbons (Fsp3) is 0.373. The maximum Gasteiger partial charge on any atom is 0.472 e. The van der Waals surface area contributed by atoms with E-state index in [1.165, 1.54) is 19.9 Å². The number of alkyl halides is 8. The summed E-state index contributed by atoms with van der Waals surface area (Å²) in [4.78, 5) is 81.4. The largest absolute Gasteiger partial charge is 0.480 e. The number of carbonyl (C=O) groups is 4. The summed E-state index contributed by atoms with van der Waals surface area (Å²) in [6.07, 6.45) is -11.0. The SMILES string of the molecule is CN(C(=O)N(c1nn(CC(F)(F)F)c2c(-c3ccc(C#CC(C)(C)S(C)(=O)=O)nc3[C@H](Cc3cc(F)cc(F)c3)NC(=O)Cn3nc(C(F)(F)F)c4c3C(F)(F)[C@@H]3C[C@H]43)ccc(Cl)c12)S(C)(=O)=O)c1ncccc1CN(CC(=O)O)C(=O)OCOP(=O)(O)O. The van der Waals surface area contributed by atoms with E-state index < -0.39 is 205 Å². The van der Waals surface area contributed by atoms with E-state index in [4.69, 9.17) is 21.4 Å². The van der Waals surface area contributed by atoms with Gasteiger partial charge in [0, 0.05) is 53.7 Å². The van der Waals surface area contributed by atoms with E-state index in [1.807, 2.05) is 0 Å². The lowest BCUT2D eigenvalue weighted by Gasteiger charge is -2.27. The first-order valence-electron chi connectivity index (χ1n) is 25.3. The number of amides is 4. The van der Waals surface area contributed by atoms with Crippen molar-refractivity contribution in [2.45, 2.75) is 81.3 Å². The molecule has 2 aliphatic rings. The number of fused-ring (bicyclic) bond motifs is 4. The van der Waals surface area contributed by atoms with Gasteiger partial charge < -0.3 is 24.9 Å². The second-order valence-electron chi connectivity index (χ2n) is 20.8. The number of hydrogen-bond donors (Lipinski definition) is 4. The second kappa shape index (κ2) is 24.1. The Bertz CT molecular complexity index is 4210. The van der Waals surface area contributed by atoms with Crippen LogP contribution in [0.4, 0.5) is 65.1 Å². The predicted octanol–water partition coefficient (Wildman–Crippen LogP) is 7.80. The van der Waals surface area contributed by atoms with E-state index in [9.17, 15) is 80.8 Å². The van der Waals surface area contributed by atoms with Gasteiger partial charge in [0.15, 0.2) is 21.3 Å². The Morgan fingerprint density at radius 2 is 1.60 bits per heavy atom. The van der Waals surface area contributed by atoms with Gasteiger partial charge in [-0.15, -0.1) is 0 Å². The van der Waals surface area contributed by atoms with Gasteiger partial charge in [0.05, 0.1) is 40.5 Å². The van der Waals surface area contributed by atoms with Crippen LogP contribution >= 0.6 is 19.4 Å². The number of sulfone groups is 1. The predicted molar refractivity (Wildman–Crippen MR) is 291 cm³/mol. The molecule has 0 aliphatic heterocycles. The first-order valence-corrected chi connectivity index (χ1v) is 31.0. The Labute approximate surface area is 501 Å².